The molecule has 1 atom stereocenters. The van der Waals surface area contributed by atoms with Gasteiger partial charge in [-0.15, -0.1) is 0 Å². The normalized spacial score (nSPS) is 15.4. The first-order valence-corrected chi connectivity index (χ1v) is 9.93. The van der Waals surface area contributed by atoms with E-state index in [1.807, 2.05) is 54.7 Å². The standard InChI is InChI=1S/C23H26N4O3/c1-29-15-23(10-11-23)27-21(17-4-3-5-20(12-17)30-2)22(28)26-19-8-6-16(7-9-19)18-13-24-25-14-18/h3-9,12-14,21,27H,10-11,15H2,1-2H3,(H,24,25)(H,26,28). The summed E-state index contributed by atoms with van der Waals surface area (Å²) in [7, 11) is 3.31. The number of ether oxygens (including phenoxy) is 2. The van der Waals surface area contributed by atoms with Crippen LogP contribution in [0.3, 0.4) is 0 Å². The minimum Gasteiger partial charge on any atom is -0.497 e. The topological polar surface area (TPSA) is 88.3 Å². The van der Waals surface area contributed by atoms with Gasteiger partial charge in [-0.05, 0) is 48.2 Å². The summed E-state index contributed by atoms with van der Waals surface area (Å²) in [6.07, 6.45) is 5.56. The van der Waals surface area contributed by atoms with Gasteiger partial charge in [0, 0.05) is 30.1 Å². The third-order valence-corrected chi connectivity index (χ3v) is 5.40. The lowest BCUT2D eigenvalue weighted by Gasteiger charge is -2.25. The summed E-state index contributed by atoms with van der Waals surface area (Å²) in [5.41, 5.74) is 3.45. The van der Waals surface area contributed by atoms with Crippen molar-refractivity contribution in [1.82, 2.24) is 15.5 Å². The summed E-state index contributed by atoms with van der Waals surface area (Å²) in [5.74, 6) is 0.592. The molecule has 0 saturated heterocycles. The van der Waals surface area contributed by atoms with Crippen LogP contribution in [0.4, 0.5) is 5.69 Å². The number of benzene rings is 2. The van der Waals surface area contributed by atoms with Crippen molar-refractivity contribution in [2.75, 3.05) is 26.1 Å². The molecule has 2 aromatic carbocycles. The van der Waals surface area contributed by atoms with Crippen molar-refractivity contribution in [3.63, 3.8) is 0 Å². The molecule has 3 aromatic rings. The number of aromatic nitrogens is 2. The Morgan fingerprint density at radius 2 is 1.97 bits per heavy atom. The van der Waals surface area contributed by atoms with Gasteiger partial charge in [0.05, 0.1) is 19.9 Å². The van der Waals surface area contributed by atoms with Crippen molar-refractivity contribution in [3.05, 3.63) is 66.5 Å². The maximum Gasteiger partial charge on any atom is 0.246 e. The molecule has 0 radical (unpaired) electrons. The molecular formula is C23H26N4O3. The number of nitrogens with zero attached hydrogens (tertiary/aromatic N) is 1. The smallest absolute Gasteiger partial charge is 0.246 e. The molecule has 4 rings (SSSR count). The highest BCUT2D eigenvalue weighted by Crippen LogP contribution is 2.38. The first-order chi connectivity index (χ1) is 14.6. The van der Waals surface area contributed by atoms with Gasteiger partial charge in [0.15, 0.2) is 0 Å². The number of carbonyl (C=O) groups is 1. The van der Waals surface area contributed by atoms with Gasteiger partial charge in [0.2, 0.25) is 5.91 Å². The van der Waals surface area contributed by atoms with Crippen molar-refractivity contribution in [3.8, 4) is 16.9 Å². The number of aromatic amines is 1. The molecule has 3 N–H and O–H groups in total. The average Bonchev–Trinajstić information content (AvgIpc) is 3.30. The molecule has 30 heavy (non-hydrogen) atoms. The SMILES string of the molecule is COCC1(NC(C(=O)Nc2ccc(-c3cn[nH]c3)cc2)c2cccc(OC)c2)CC1. The minimum atomic E-state index is -0.522. The molecule has 1 aromatic heterocycles. The van der Waals surface area contributed by atoms with Gasteiger partial charge in [-0.2, -0.15) is 5.10 Å². The number of nitrogens with one attached hydrogen (secondary N) is 3. The third-order valence-electron chi connectivity index (χ3n) is 5.40. The summed E-state index contributed by atoms with van der Waals surface area (Å²) >= 11 is 0. The van der Waals surface area contributed by atoms with E-state index in [1.54, 1.807) is 20.4 Å². The van der Waals surface area contributed by atoms with Gasteiger partial charge in [0.25, 0.3) is 0 Å². The first kappa shape index (κ1) is 20.1. The number of amides is 1. The van der Waals surface area contributed by atoms with Crippen LogP contribution in [-0.2, 0) is 9.53 Å². The fraction of sp³-hybridized carbons (Fsp3) is 0.304. The molecule has 7 heteroatoms. The summed E-state index contributed by atoms with van der Waals surface area (Å²) in [6, 6.07) is 14.8. The van der Waals surface area contributed by atoms with E-state index < -0.39 is 6.04 Å². The quantitative estimate of drug-likeness (QED) is 0.506. The van der Waals surface area contributed by atoms with E-state index in [4.69, 9.17) is 9.47 Å². The molecule has 1 fully saturated rings. The molecule has 1 heterocycles. The number of anilines is 1. The zero-order valence-electron chi connectivity index (χ0n) is 17.1. The molecule has 1 aliphatic rings. The number of hydrogen-bond donors (Lipinski definition) is 3. The number of methoxy groups -OCH3 is 2. The first-order valence-electron chi connectivity index (χ1n) is 9.93. The van der Waals surface area contributed by atoms with Crippen LogP contribution >= 0.6 is 0 Å². The lowest BCUT2D eigenvalue weighted by atomic mass is 10.0. The minimum absolute atomic E-state index is 0.123. The molecule has 1 aliphatic carbocycles. The molecule has 1 amide bonds. The van der Waals surface area contributed by atoms with Gasteiger partial charge in [0.1, 0.15) is 11.8 Å². The molecule has 1 unspecified atom stereocenters. The van der Waals surface area contributed by atoms with E-state index in [2.05, 4.69) is 20.8 Å². The van der Waals surface area contributed by atoms with Crippen molar-refractivity contribution in [2.45, 2.75) is 24.4 Å². The Bertz CT molecular complexity index is 982. The van der Waals surface area contributed by atoms with Crippen LogP contribution in [0.25, 0.3) is 11.1 Å². The zero-order valence-corrected chi connectivity index (χ0v) is 17.1. The van der Waals surface area contributed by atoms with E-state index in [-0.39, 0.29) is 11.4 Å². The van der Waals surface area contributed by atoms with Gasteiger partial charge < -0.3 is 14.8 Å². The van der Waals surface area contributed by atoms with E-state index >= 15 is 0 Å². The van der Waals surface area contributed by atoms with E-state index in [1.165, 1.54) is 0 Å². The second-order valence-electron chi connectivity index (χ2n) is 7.62. The van der Waals surface area contributed by atoms with Crippen LogP contribution in [0, 0.1) is 0 Å². The van der Waals surface area contributed by atoms with Gasteiger partial charge in [-0.1, -0.05) is 24.3 Å². The fourth-order valence-electron chi connectivity index (χ4n) is 3.55. The highest BCUT2D eigenvalue weighted by atomic mass is 16.5. The second-order valence-corrected chi connectivity index (χ2v) is 7.62. The lowest BCUT2D eigenvalue weighted by molar-refractivity contribution is -0.118. The number of rotatable bonds is 9. The van der Waals surface area contributed by atoms with Crippen LogP contribution in [-0.4, -0.2) is 42.5 Å². The number of hydrogen-bond acceptors (Lipinski definition) is 5. The predicted molar refractivity (Wildman–Crippen MR) is 115 cm³/mol. The van der Waals surface area contributed by atoms with Gasteiger partial charge in [-0.25, -0.2) is 0 Å². The largest absolute Gasteiger partial charge is 0.497 e. The van der Waals surface area contributed by atoms with Crippen molar-refractivity contribution >= 4 is 11.6 Å². The predicted octanol–water partition coefficient (Wildman–Crippen LogP) is 3.53. The Kier molecular flexibility index (Phi) is 5.83. The summed E-state index contributed by atoms with van der Waals surface area (Å²) < 4.78 is 10.7. The Morgan fingerprint density at radius 3 is 2.60 bits per heavy atom. The third kappa shape index (κ3) is 4.53. The van der Waals surface area contributed by atoms with Crippen molar-refractivity contribution in [2.24, 2.45) is 0 Å². The molecule has 0 bridgehead atoms. The fourth-order valence-corrected chi connectivity index (χ4v) is 3.55. The van der Waals surface area contributed by atoms with Crippen LogP contribution in [0.1, 0.15) is 24.4 Å². The van der Waals surface area contributed by atoms with E-state index in [0.717, 1.165) is 35.2 Å². The van der Waals surface area contributed by atoms with E-state index in [0.29, 0.717) is 12.4 Å². The number of H-pyrrole nitrogens is 1. The summed E-state index contributed by atoms with van der Waals surface area (Å²) in [4.78, 5) is 13.3. The van der Waals surface area contributed by atoms with Crippen molar-refractivity contribution in [1.29, 1.82) is 0 Å². The molecule has 0 aliphatic heterocycles. The van der Waals surface area contributed by atoms with Crippen molar-refractivity contribution < 1.29 is 14.3 Å². The number of carbonyl (C=O) groups excluding carboxylic acids is 1. The van der Waals surface area contributed by atoms with E-state index in [9.17, 15) is 4.79 Å². The molecule has 1 saturated carbocycles. The molecule has 0 spiro atoms. The van der Waals surface area contributed by atoms with Crippen LogP contribution < -0.4 is 15.4 Å². The van der Waals surface area contributed by atoms with Crippen LogP contribution in [0.2, 0.25) is 0 Å². The maximum atomic E-state index is 13.3. The highest BCUT2D eigenvalue weighted by molar-refractivity contribution is 5.96. The average molecular weight is 406 g/mol. The molecule has 156 valence electrons. The highest BCUT2D eigenvalue weighted by Gasteiger charge is 2.45. The maximum absolute atomic E-state index is 13.3. The lowest BCUT2D eigenvalue weighted by Crippen LogP contribution is -2.43. The Hall–Kier alpha value is -3.16. The van der Waals surface area contributed by atoms with Gasteiger partial charge >= 0.3 is 0 Å². The summed E-state index contributed by atoms with van der Waals surface area (Å²) in [6.45, 7) is 0.570. The molecule has 7 nitrogen and oxygen atoms in total. The molecular weight excluding hydrogens is 380 g/mol. The monoisotopic (exact) mass is 406 g/mol. The summed E-state index contributed by atoms with van der Waals surface area (Å²) in [5, 5.41) is 13.3. The Labute approximate surface area is 175 Å². The Morgan fingerprint density at radius 1 is 1.17 bits per heavy atom. The van der Waals surface area contributed by atoms with Crippen LogP contribution in [0.15, 0.2) is 60.9 Å². The van der Waals surface area contributed by atoms with Crippen LogP contribution in [0.5, 0.6) is 5.75 Å². The van der Waals surface area contributed by atoms with Gasteiger partial charge in [-0.3, -0.25) is 15.2 Å². The Balaban J connectivity index is 1.54. The zero-order chi connectivity index (χ0) is 21.0. The second kappa shape index (κ2) is 8.69.